The van der Waals surface area contributed by atoms with E-state index in [-0.39, 0.29) is 0 Å². The molecule has 2 aromatic rings. The van der Waals surface area contributed by atoms with Crippen molar-refractivity contribution < 1.29 is 4.42 Å². The van der Waals surface area contributed by atoms with Gasteiger partial charge in [-0.2, -0.15) is 0 Å². The predicted octanol–water partition coefficient (Wildman–Crippen LogP) is 3.56. The summed E-state index contributed by atoms with van der Waals surface area (Å²) in [7, 11) is 0. The van der Waals surface area contributed by atoms with Gasteiger partial charge in [-0.25, -0.2) is 0 Å². The fourth-order valence-corrected chi connectivity index (χ4v) is 1.89. The molecule has 1 N–H and O–H groups in total. The summed E-state index contributed by atoms with van der Waals surface area (Å²) in [5.74, 6) is 1.00. The minimum atomic E-state index is 0.292. The van der Waals surface area contributed by atoms with E-state index in [2.05, 4.69) is 42.6 Å². The van der Waals surface area contributed by atoms with Crippen molar-refractivity contribution >= 4 is 0 Å². The van der Waals surface area contributed by atoms with Gasteiger partial charge in [-0.15, -0.1) is 0 Å². The summed E-state index contributed by atoms with van der Waals surface area (Å²) in [6.45, 7) is 3.14. The minimum absolute atomic E-state index is 0.292. The summed E-state index contributed by atoms with van der Waals surface area (Å²) in [5.41, 5.74) is 1.40. The van der Waals surface area contributed by atoms with Gasteiger partial charge in [0.25, 0.3) is 0 Å². The lowest BCUT2D eigenvalue weighted by molar-refractivity contribution is 0.429. The zero-order chi connectivity index (χ0) is 11.9. The van der Waals surface area contributed by atoms with Crippen LogP contribution in [0.25, 0.3) is 0 Å². The summed E-state index contributed by atoms with van der Waals surface area (Å²) >= 11 is 0. The van der Waals surface area contributed by atoms with Crippen molar-refractivity contribution in [3.63, 3.8) is 0 Å². The zero-order valence-electron chi connectivity index (χ0n) is 10.2. The van der Waals surface area contributed by atoms with Crippen LogP contribution < -0.4 is 5.32 Å². The molecule has 17 heavy (non-hydrogen) atoms. The van der Waals surface area contributed by atoms with E-state index in [1.807, 2.05) is 12.1 Å². The topological polar surface area (TPSA) is 25.2 Å². The quantitative estimate of drug-likeness (QED) is 0.766. The minimum Gasteiger partial charge on any atom is -0.468 e. The standard InChI is InChI=1S/C15H19NO/c1-13(15-10-6-12-17-15)16-11-5-9-14-7-3-2-4-8-14/h2-4,6-8,10,12-13,16H,5,9,11H2,1H3/t13-/m1/s1. The molecule has 0 fully saturated rings. The van der Waals surface area contributed by atoms with Crippen molar-refractivity contribution in [2.75, 3.05) is 6.54 Å². The number of hydrogen-bond donors (Lipinski definition) is 1. The first-order valence-corrected chi connectivity index (χ1v) is 6.17. The molecule has 2 rings (SSSR count). The van der Waals surface area contributed by atoms with E-state index in [4.69, 9.17) is 4.42 Å². The molecule has 0 aliphatic carbocycles. The average Bonchev–Trinajstić information content (AvgIpc) is 2.89. The monoisotopic (exact) mass is 229 g/mol. The normalized spacial score (nSPS) is 12.5. The number of benzene rings is 1. The average molecular weight is 229 g/mol. The molecule has 0 saturated heterocycles. The smallest absolute Gasteiger partial charge is 0.120 e. The zero-order valence-corrected chi connectivity index (χ0v) is 10.2. The maximum atomic E-state index is 5.35. The Balaban J connectivity index is 1.67. The summed E-state index contributed by atoms with van der Waals surface area (Å²) in [5, 5.41) is 3.46. The SMILES string of the molecule is C[C@@H](NCCCc1ccccc1)c1ccco1. The van der Waals surface area contributed by atoms with E-state index in [1.165, 1.54) is 5.56 Å². The number of rotatable bonds is 6. The molecule has 0 unspecified atom stereocenters. The highest BCUT2D eigenvalue weighted by Gasteiger charge is 2.05. The second kappa shape index (κ2) is 6.26. The third kappa shape index (κ3) is 3.75. The van der Waals surface area contributed by atoms with E-state index in [1.54, 1.807) is 6.26 Å². The Morgan fingerprint density at radius 2 is 1.94 bits per heavy atom. The van der Waals surface area contributed by atoms with E-state index in [0.717, 1.165) is 25.1 Å². The molecule has 90 valence electrons. The summed E-state index contributed by atoms with van der Waals surface area (Å²) in [6, 6.07) is 14.8. The molecule has 2 nitrogen and oxygen atoms in total. The molecule has 0 amide bonds. The molecule has 0 radical (unpaired) electrons. The van der Waals surface area contributed by atoms with Gasteiger partial charge in [0, 0.05) is 0 Å². The Labute approximate surface area is 103 Å². The third-order valence-corrected chi connectivity index (χ3v) is 2.91. The number of furan rings is 1. The van der Waals surface area contributed by atoms with Crippen LogP contribution in [0.3, 0.4) is 0 Å². The first kappa shape index (κ1) is 11.9. The van der Waals surface area contributed by atoms with Crippen molar-refractivity contribution in [1.29, 1.82) is 0 Å². The molecule has 1 aromatic carbocycles. The van der Waals surface area contributed by atoms with Gasteiger partial charge in [-0.05, 0) is 44.0 Å². The molecular formula is C15H19NO. The van der Waals surface area contributed by atoms with Crippen LogP contribution in [0.15, 0.2) is 53.1 Å². The van der Waals surface area contributed by atoms with Gasteiger partial charge in [0.2, 0.25) is 0 Å². The maximum absolute atomic E-state index is 5.35. The summed E-state index contributed by atoms with van der Waals surface area (Å²) in [6.07, 6.45) is 3.99. The third-order valence-electron chi connectivity index (χ3n) is 2.91. The highest BCUT2D eigenvalue weighted by Crippen LogP contribution is 2.12. The molecule has 0 spiro atoms. The lowest BCUT2D eigenvalue weighted by Gasteiger charge is -2.10. The van der Waals surface area contributed by atoms with Gasteiger partial charge in [0.05, 0.1) is 12.3 Å². The molecule has 0 aliphatic rings. The summed E-state index contributed by atoms with van der Waals surface area (Å²) in [4.78, 5) is 0. The van der Waals surface area contributed by atoms with Gasteiger partial charge in [0.1, 0.15) is 5.76 Å². The lowest BCUT2D eigenvalue weighted by atomic mass is 10.1. The van der Waals surface area contributed by atoms with Crippen molar-refractivity contribution in [2.24, 2.45) is 0 Å². The Morgan fingerprint density at radius 1 is 1.12 bits per heavy atom. The highest BCUT2D eigenvalue weighted by atomic mass is 16.3. The van der Waals surface area contributed by atoms with Crippen LogP contribution in [0.1, 0.15) is 30.7 Å². The largest absolute Gasteiger partial charge is 0.468 e. The number of nitrogens with one attached hydrogen (secondary N) is 1. The number of aryl methyl sites for hydroxylation is 1. The van der Waals surface area contributed by atoms with Gasteiger partial charge in [-0.1, -0.05) is 30.3 Å². The molecule has 1 aromatic heterocycles. The molecule has 0 aliphatic heterocycles. The molecule has 1 atom stereocenters. The van der Waals surface area contributed by atoms with Crippen molar-refractivity contribution in [3.8, 4) is 0 Å². The molecule has 0 bridgehead atoms. The van der Waals surface area contributed by atoms with E-state index < -0.39 is 0 Å². The van der Waals surface area contributed by atoms with Crippen LogP contribution >= 0.6 is 0 Å². The fourth-order valence-electron chi connectivity index (χ4n) is 1.89. The van der Waals surface area contributed by atoms with Crippen LogP contribution in [-0.2, 0) is 6.42 Å². The maximum Gasteiger partial charge on any atom is 0.120 e. The molecule has 2 heteroatoms. The highest BCUT2D eigenvalue weighted by molar-refractivity contribution is 5.14. The predicted molar refractivity (Wildman–Crippen MR) is 69.9 cm³/mol. The second-order valence-electron chi connectivity index (χ2n) is 4.28. The van der Waals surface area contributed by atoms with Crippen LogP contribution in [0.2, 0.25) is 0 Å². The van der Waals surface area contributed by atoms with Crippen molar-refractivity contribution in [3.05, 3.63) is 60.1 Å². The van der Waals surface area contributed by atoms with Crippen LogP contribution in [-0.4, -0.2) is 6.54 Å². The first-order chi connectivity index (χ1) is 8.36. The van der Waals surface area contributed by atoms with Crippen LogP contribution in [0, 0.1) is 0 Å². The van der Waals surface area contributed by atoms with Crippen molar-refractivity contribution in [1.82, 2.24) is 5.32 Å². The van der Waals surface area contributed by atoms with E-state index >= 15 is 0 Å². The van der Waals surface area contributed by atoms with Gasteiger partial charge in [0.15, 0.2) is 0 Å². The van der Waals surface area contributed by atoms with Crippen LogP contribution in [0.5, 0.6) is 0 Å². The fraction of sp³-hybridized carbons (Fsp3) is 0.333. The Bertz CT molecular complexity index is 408. The van der Waals surface area contributed by atoms with Crippen LogP contribution in [0.4, 0.5) is 0 Å². The van der Waals surface area contributed by atoms with E-state index in [9.17, 15) is 0 Å². The van der Waals surface area contributed by atoms with Gasteiger partial charge >= 0.3 is 0 Å². The molecular weight excluding hydrogens is 210 g/mol. The Kier molecular flexibility index (Phi) is 4.39. The second-order valence-corrected chi connectivity index (χ2v) is 4.28. The first-order valence-electron chi connectivity index (χ1n) is 6.17. The lowest BCUT2D eigenvalue weighted by Crippen LogP contribution is -2.19. The summed E-state index contributed by atoms with van der Waals surface area (Å²) < 4.78 is 5.35. The van der Waals surface area contributed by atoms with Gasteiger partial charge in [-0.3, -0.25) is 0 Å². The van der Waals surface area contributed by atoms with E-state index in [0.29, 0.717) is 6.04 Å². The van der Waals surface area contributed by atoms with Gasteiger partial charge < -0.3 is 9.73 Å². The Morgan fingerprint density at radius 3 is 2.65 bits per heavy atom. The molecule has 1 heterocycles. The molecule has 0 saturated carbocycles. The van der Waals surface area contributed by atoms with Crippen molar-refractivity contribution in [2.45, 2.75) is 25.8 Å². The Hall–Kier alpha value is -1.54. The number of hydrogen-bond acceptors (Lipinski definition) is 2.